The smallest absolute Gasteiger partial charge is 0.220 e. The molecule has 1 amide bonds. The van der Waals surface area contributed by atoms with Gasteiger partial charge in [0.05, 0.1) is 19.3 Å². The molecule has 1 heterocycles. The minimum absolute atomic E-state index is 0.0236. The summed E-state index contributed by atoms with van der Waals surface area (Å²) in [6.07, 6.45) is 11.0. The molecule has 1 unspecified atom stereocenters. The highest BCUT2D eigenvalue weighted by molar-refractivity contribution is 5.96. The lowest BCUT2D eigenvalue weighted by molar-refractivity contribution is -0.123. The van der Waals surface area contributed by atoms with Crippen molar-refractivity contribution in [2.75, 3.05) is 26.7 Å². The Bertz CT molecular complexity index is 724. The number of aliphatic hydroxyl groups excluding tert-OH is 1. The number of rotatable bonds is 13. The van der Waals surface area contributed by atoms with Crippen molar-refractivity contribution >= 4 is 11.7 Å². The van der Waals surface area contributed by atoms with Crippen molar-refractivity contribution in [3.05, 3.63) is 29.8 Å². The van der Waals surface area contributed by atoms with Crippen LogP contribution in [0.15, 0.2) is 24.3 Å². The highest BCUT2D eigenvalue weighted by Gasteiger charge is 2.31. The molecule has 3 rings (SSSR count). The van der Waals surface area contributed by atoms with Crippen molar-refractivity contribution in [1.29, 1.82) is 0 Å². The summed E-state index contributed by atoms with van der Waals surface area (Å²) in [7, 11) is 1.61. The molecule has 0 aromatic heterocycles. The van der Waals surface area contributed by atoms with Crippen LogP contribution in [0.4, 0.5) is 0 Å². The number of hydrogen-bond donors (Lipinski definition) is 2. The van der Waals surface area contributed by atoms with Crippen LogP contribution < -0.4 is 10.1 Å². The predicted molar refractivity (Wildman–Crippen MR) is 131 cm³/mol. The van der Waals surface area contributed by atoms with Gasteiger partial charge in [-0.2, -0.15) is 0 Å². The van der Waals surface area contributed by atoms with Gasteiger partial charge in [-0.1, -0.05) is 25.7 Å². The average molecular weight is 459 g/mol. The molecule has 0 bridgehead atoms. The van der Waals surface area contributed by atoms with Crippen molar-refractivity contribution < 1.29 is 19.4 Å². The van der Waals surface area contributed by atoms with Gasteiger partial charge in [-0.15, -0.1) is 0 Å². The molecule has 1 aromatic rings. The lowest BCUT2D eigenvalue weighted by Gasteiger charge is -2.34. The number of likely N-dealkylation sites (tertiary alicyclic amines) is 1. The molecule has 2 fully saturated rings. The number of Topliss-reactive ketones (excluding diaryl/α,β-unsaturated/α-hetero) is 1. The standard InChI is InChI=1S/C27H42N2O4/c1-33-23-16-14-21(15-17-23)25(30)12-6-3-7-13-26(31)28-24(20-29-18-8-9-19-29)27(32)22-10-4-2-5-11-22/h14-17,22,24,27,32H,2-13,18-20H2,1H3,(H,28,31)/t24-,27?/m1/s1. The summed E-state index contributed by atoms with van der Waals surface area (Å²) < 4.78 is 5.13. The molecule has 1 aromatic carbocycles. The van der Waals surface area contributed by atoms with Crippen LogP contribution in [0.5, 0.6) is 5.75 Å². The fraction of sp³-hybridized carbons (Fsp3) is 0.704. The maximum absolute atomic E-state index is 12.7. The van der Waals surface area contributed by atoms with Crippen LogP contribution >= 0.6 is 0 Å². The minimum atomic E-state index is -0.461. The van der Waals surface area contributed by atoms with Gasteiger partial charge in [-0.3, -0.25) is 9.59 Å². The summed E-state index contributed by atoms with van der Waals surface area (Å²) in [5, 5.41) is 14.2. The number of methoxy groups -OCH3 is 1. The van der Waals surface area contributed by atoms with Gasteiger partial charge in [0.15, 0.2) is 5.78 Å². The van der Waals surface area contributed by atoms with E-state index in [2.05, 4.69) is 10.2 Å². The van der Waals surface area contributed by atoms with Gasteiger partial charge < -0.3 is 20.1 Å². The molecule has 6 heteroatoms. The molecule has 6 nitrogen and oxygen atoms in total. The third-order valence-electron chi connectivity index (χ3n) is 7.26. The number of nitrogens with zero attached hydrogens (tertiary/aromatic N) is 1. The third-order valence-corrected chi connectivity index (χ3v) is 7.26. The second-order valence-electron chi connectivity index (χ2n) is 9.78. The first-order valence-corrected chi connectivity index (χ1v) is 12.9. The van der Waals surface area contributed by atoms with Gasteiger partial charge in [-0.25, -0.2) is 0 Å². The molecule has 1 aliphatic carbocycles. The number of carbonyl (C=O) groups excluding carboxylic acids is 2. The molecular formula is C27H42N2O4. The highest BCUT2D eigenvalue weighted by atomic mass is 16.5. The summed E-state index contributed by atoms with van der Waals surface area (Å²) >= 11 is 0. The van der Waals surface area contributed by atoms with E-state index in [-0.39, 0.29) is 17.7 Å². The molecule has 1 saturated heterocycles. The fourth-order valence-electron chi connectivity index (χ4n) is 5.23. The topological polar surface area (TPSA) is 78.9 Å². The summed E-state index contributed by atoms with van der Waals surface area (Å²) in [6.45, 7) is 2.87. The van der Waals surface area contributed by atoms with Crippen molar-refractivity contribution in [3.8, 4) is 5.75 Å². The summed E-state index contributed by atoms with van der Waals surface area (Å²) in [4.78, 5) is 27.4. The zero-order valence-corrected chi connectivity index (χ0v) is 20.3. The van der Waals surface area contributed by atoms with Crippen LogP contribution in [-0.4, -0.2) is 60.6 Å². The van der Waals surface area contributed by atoms with Crippen LogP contribution in [-0.2, 0) is 4.79 Å². The van der Waals surface area contributed by atoms with E-state index >= 15 is 0 Å². The lowest BCUT2D eigenvalue weighted by Crippen LogP contribution is -2.52. The van der Waals surface area contributed by atoms with Crippen LogP contribution in [0.25, 0.3) is 0 Å². The number of ether oxygens (including phenoxy) is 1. The van der Waals surface area contributed by atoms with Crippen LogP contribution in [0.3, 0.4) is 0 Å². The molecule has 0 radical (unpaired) electrons. The number of benzene rings is 1. The van der Waals surface area contributed by atoms with Crippen molar-refractivity contribution in [1.82, 2.24) is 10.2 Å². The Hall–Kier alpha value is -1.92. The van der Waals surface area contributed by atoms with Gasteiger partial charge in [-0.05, 0) is 81.8 Å². The average Bonchev–Trinajstić information content (AvgIpc) is 3.36. The molecule has 2 N–H and O–H groups in total. The maximum Gasteiger partial charge on any atom is 0.220 e. The summed E-state index contributed by atoms with van der Waals surface area (Å²) in [5.41, 5.74) is 0.704. The first-order valence-electron chi connectivity index (χ1n) is 12.9. The van der Waals surface area contributed by atoms with Crippen molar-refractivity contribution in [2.45, 2.75) is 89.2 Å². The second-order valence-corrected chi connectivity index (χ2v) is 9.78. The van der Waals surface area contributed by atoms with E-state index in [0.717, 1.165) is 57.5 Å². The third kappa shape index (κ3) is 8.42. The monoisotopic (exact) mass is 458 g/mol. The quantitative estimate of drug-likeness (QED) is 0.339. The fourth-order valence-corrected chi connectivity index (χ4v) is 5.23. The Balaban J connectivity index is 1.39. The number of unbranched alkanes of at least 4 members (excludes halogenated alkanes) is 2. The second kappa shape index (κ2) is 13.7. The van der Waals surface area contributed by atoms with Crippen molar-refractivity contribution in [2.24, 2.45) is 5.92 Å². The molecule has 1 saturated carbocycles. The molecule has 0 spiro atoms. The maximum atomic E-state index is 12.7. The van der Waals surface area contributed by atoms with Crippen LogP contribution in [0.1, 0.15) is 87.4 Å². The van der Waals surface area contributed by atoms with Gasteiger partial charge in [0, 0.05) is 24.9 Å². The zero-order chi connectivity index (χ0) is 23.5. The zero-order valence-electron chi connectivity index (χ0n) is 20.3. The largest absolute Gasteiger partial charge is 0.497 e. The Morgan fingerprint density at radius 1 is 1.00 bits per heavy atom. The SMILES string of the molecule is COc1ccc(C(=O)CCCCCC(=O)N[C@H](CN2CCCC2)C(O)C2CCCCC2)cc1. The number of nitrogens with one attached hydrogen (secondary N) is 1. The number of hydrogen-bond acceptors (Lipinski definition) is 5. The van der Waals surface area contributed by atoms with E-state index in [1.165, 1.54) is 32.1 Å². The lowest BCUT2D eigenvalue weighted by atomic mass is 9.82. The molecular weight excluding hydrogens is 416 g/mol. The van der Waals surface area contributed by atoms with E-state index in [9.17, 15) is 14.7 Å². The molecule has 2 atom stereocenters. The molecule has 33 heavy (non-hydrogen) atoms. The number of ketones is 1. The molecule has 2 aliphatic rings. The molecule has 1 aliphatic heterocycles. The predicted octanol–water partition coefficient (Wildman–Crippen LogP) is 4.35. The highest BCUT2D eigenvalue weighted by Crippen LogP contribution is 2.28. The van der Waals surface area contributed by atoms with Crippen LogP contribution in [0.2, 0.25) is 0 Å². The Kier molecular flexibility index (Phi) is 10.7. The van der Waals surface area contributed by atoms with Gasteiger partial charge >= 0.3 is 0 Å². The number of aliphatic hydroxyl groups is 1. The Labute approximate surface area is 199 Å². The van der Waals surface area contributed by atoms with Crippen molar-refractivity contribution in [3.63, 3.8) is 0 Å². The summed E-state index contributed by atoms with van der Waals surface area (Å²) in [5.74, 6) is 1.20. The minimum Gasteiger partial charge on any atom is -0.497 e. The van der Waals surface area contributed by atoms with Gasteiger partial charge in [0.25, 0.3) is 0 Å². The van der Waals surface area contributed by atoms with E-state index in [0.29, 0.717) is 24.3 Å². The molecule has 184 valence electrons. The number of carbonyl (C=O) groups is 2. The van der Waals surface area contributed by atoms with E-state index in [1.54, 1.807) is 31.4 Å². The van der Waals surface area contributed by atoms with E-state index in [4.69, 9.17) is 4.74 Å². The van der Waals surface area contributed by atoms with Crippen LogP contribution in [0, 0.1) is 5.92 Å². The Morgan fingerprint density at radius 2 is 1.67 bits per heavy atom. The van der Waals surface area contributed by atoms with Gasteiger partial charge in [0.2, 0.25) is 5.91 Å². The first-order chi connectivity index (χ1) is 16.1. The number of amides is 1. The first kappa shape index (κ1) is 25.7. The normalized spacial score (nSPS) is 19.2. The van der Waals surface area contributed by atoms with E-state index < -0.39 is 6.10 Å². The summed E-state index contributed by atoms with van der Waals surface area (Å²) in [6, 6.07) is 7.02. The van der Waals surface area contributed by atoms with Gasteiger partial charge in [0.1, 0.15) is 5.75 Å². The van der Waals surface area contributed by atoms with E-state index in [1.807, 2.05) is 0 Å². The Morgan fingerprint density at radius 3 is 2.33 bits per heavy atom.